The maximum Gasteiger partial charge on any atom is 0.259 e. The van der Waals surface area contributed by atoms with Crippen LogP contribution in [0.4, 0.5) is 5.69 Å². The topological polar surface area (TPSA) is 77.4 Å². The molecular weight excluding hydrogens is 422 g/mol. The van der Waals surface area contributed by atoms with E-state index in [1.54, 1.807) is 24.3 Å². The lowest BCUT2D eigenvalue weighted by atomic mass is 10.0. The van der Waals surface area contributed by atoms with Crippen LogP contribution in [0, 0.1) is 6.57 Å². The van der Waals surface area contributed by atoms with E-state index in [2.05, 4.69) is 14.8 Å². The van der Waals surface area contributed by atoms with Crippen LogP contribution >= 0.6 is 11.3 Å². The summed E-state index contributed by atoms with van der Waals surface area (Å²) in [7, 11) is 0. The highest BCUT2D eigenvalue weighted by molar-refractivity contribution is 7.21. The molecule has 0 amide bonds. The zero-order chi connectivity index (χ0) is 21.8. The van der Waals surface area contributed by atoms with E-state index in [1.165, 1.54) is 17.4 Å². The Morgan fingerprint density at radius 1 is 0.906 bits per heavy atom. The van der Waals surface area contributed by atoms with E-state index in [1.807, 2.05) is 36.4 Å². The lowest BCUT2D eigenvalue weighted by Crippen LogP contribution is -2.00. The number of fused-ring (bicyclic) bond motifs is 3. The van der Waals surface area contributed by atoms with Gasteiger partial charge in [0.15, 0.2) is 22.1 Å². The van der Waals surface area contributed by atoms with Crippen LogP contribution in [0.15, 0.2) is 70.7 Å². The van der Waals surface area contributed by atoms with Crippen molar-refractivity contribution in [3.63, 3.8) is 0 Å². The van der Waals surface area contributed by atoms with Crippen molar-refractivity contribution in [1.82, 2.24) is 9.97 Å². The Hall–Kier alpha value is -4.41. The van der Waals surface area contributed by atoms with Gasteiger partial charge in [-0.05, 0) is 22.9 Å². The molecule has 7 heteroatoms. The van der Waals surface area contributed by atoms with Gasteiger partial charge in [0.25, 0.3) is 5.71 Å². The number of carbonyl (C=O) groups excluding carboxylic acids is 2. The van der Waals surface area contributed by atoms with Gasteiger partial charge in [-0.25, -0.2) is 4.85 Å². The number of oxazole rings is 1. The number of thiazole rings is 1. The van der Waals surface area contributed by atoms with Crippen molar-refractivity contribution in [2.75, 3.05) is 0 Å². The zero-order valence-corrected chi connectivity index (χ0v) is 17.1. The highest BCUT2D eigenvalue weighted by Gasteiger charge is 2.34. The Morgan fingerprint density at radius 2 is 1.56 bits per heavy atom. The molecule has 1 aliphatic rings. The molecule has 0 N–H and O–H groups in total. The zero-order valence-electron chi connectivity index (χ0n) is 16.3. The highest BCUT2D eigenvalue weighted by atomic mass is 32.1. The van der Waals surface area contributed by atoms with E-state index >= 15 is 0 Å². The van der Waals surface area contributed by atoms with Crippen molar-refractivity contribution in [1.29, 1.82) is 0 Å². The van der Waals surface area contributed by atoms with Crippen LogP contribution in [0.3, 0.4) is 0 Å². The number of hydrogen-bond donors (Lipinski definition) is 0. The van der Waals surface area contributed by atoms with Crippen molar-refractivity contribution < 1.29 is 14.0 Å². The summed E-state index contributed by atoms with van der Waals surface area (Å²) in [5.41, 5.74) is 2.60. The van der Waals surface area contributed by atoms with Crippen LogP contribution in [0.2, 0.25) is 0 Å². The molecule has 150 valence electrons. The largest absolute Gasteiger partial charge is 0.417 e. The summed E-state index contributed by atoms with van der Waals surface area (Å²) in [4.78, 5) is 38.6. The minimum absolute atomic E-state index is 0.0409. The van der Waals surface area contributed by atoms with Crippen molar-refractivity contribution in [3.8, 4) is 10.6 Å². The van der Waals surface area contributed by atoms with Gasteiger partial charge in [-0.3, -0.25) is 9.59 Å². The molecule has 0 saturated heterocycles. The molecular formula is C25H11N3O3S. The fourth-order valence-electron chi connectivity index (χ4n) is 3.78. The number of allylic oxidation sites excluding steroid dienone is 1. The van der Waals surface area contributed by atoms with Gasteiger partial charge in [0.2, 0.25) is 5.89 Å². The fourth-order valence-corrected chi connectivity index (χ4v) is 4.66. The van der Waals surface area contributed by atoms with Crippen LogP contribution in [0.5, 0.6) is 0 Å². The van der Waals surface area contributed by atoms with E-state index in [9.17, 15) is 9.59 Å². The van der Waals surface area contributed by atoms with Crippen LogP contribution in [0.25, 0.3) is 42.8 Å². The Balaban J connectivity index is 1.36. The van der Waals surface area contributed by atoms with Gasteiger partial charge in [-0.15, -0.1) is 0 Å². The fraction of sp³-hybridized carbons (Fsp3) is 0. The molecule has 0 radical (unpaired) electrons. The smallest absolute Gasteiger partial charge is 0.259 e. The first-order valence-corrected chi connectivity index (χ1v) is 10.5. The predicted molar refractivity (Wildman–Crippen MR) is 122 cm³/mol. The van der Waals surface area contributed by atoms with E-state index in [4.69, 9.17) is 11.0 Å². The van der Waals surface area contributed by atoms with Crippen molar-refractivity contribution in [2.45, 2.75) is 0 Å². The summed E-state index contributed by atoms with van der Waals surface area (Å²) in [5.74, 6) is -0.487. The molecule has 5 aromatic rings. The summed E-state index contributed by atoms with van der Waals surface area (Å²) in [5, 5.41) is 2.53. The molecule has 0 atom stereocenters. The number of aromatic nitrogens is 2. The van der Waals surface area contributed by atoms with E-state index in [0.29, 0.717) is 32.4 Å². The summed E-state index contributed by atoms with van der Waals surface area (Å²) >= 11 is 1.34. The Labute approximate surface area is 185 Å². The molecule has 2 aromatic heterocycles. The summed E-state index contributed by atoms with van der Waals surface area (Å²) in [6, 6.07) is 18.2. The van der Waals surface area contributed by atoms with E-state index in [0.717, 1.165) is 16.3 Å². The van der Waals surface area contributed by atoms with Crippen molar-refractivity contribution in [2.24, 2.45) is 0 Å². The summed E-state index contributed by atoms with van der Waals surface area (Å²) in [6.07, 6.45) is 1.40. The van der Waals surface area contributed by atoms with Crippen molar-refractivity contribution >= 4 is 56.0 Å². The molecule has 6 rings (SSSR count). The lowest BCUT2D eigenvalue weighted by Gasteiger charge is -2.00. The molecule has 0 unspecified atom stereocenters. The maximum absolute atomic E-state index is 12.9. The molecule has 3 aromatic carbocycles. The SMILES string of the molecule is [C-]#[N+]c1ccc(-c2nc3oc(C=C4C(=O)c5cc6ccccc6cc5C4=O)nc3s2)cc1. The molecule has 32 heavy (non-hydrogen) atoms. The third-order valence-electron chi connectivity index (χ3n) is 5.37. The summed E-state index contributed by atoms with van der Waals surface area (Å²) in [6.45, 7) is 7.04. The van der Waals surface area contributed by atoms with Crippen LogP contribution in [-0.2, 0) is 0 Å². The van der Waals surface area contributed by atoms with Crippen LogP contribution in [0.1, 0.15) is 26.6 Å². The average Bonchev–Trinajstić information content (AvgIpc) is 3.45. The number of Topliss-reactive ketones (excluding diaryl/α,β-unsaturated/α-hetero) is 2. The number of ketones is 2. The lowest BCUT2D eigenvalue weighted by molar-refractivity contribution is 0.0990. The standard InChI is InChI=1S/C25H11N3O3S/c1-26-16-8-6-13(7-9-16)24-28-23-25(32-24)27-20(31-23)12-19-21(29)17-10-14-4-2-3-5-15(14)11-18(17)22(19)30/h2-12H. The second-order valence-electron chi connectivity index (χ2n) is 7.30. The Kier molecular flexibility index (Phi) is 3.90. The molecule has 0 spiro atoms. The van der Waals surface area contributed by atoms with Crippen LogP contribution < -0.4 is 0 Å². The predicted octanol–water partition coefficient (Wildman–Crippen LogP) is 6.12. The number of benzene rings is 3. The van der Waals surface area contributed by atoms with Gasteiger partial charge in [0.1, 0.15) is 5.01 Å². The number of rotatable bonds is 2. The first-order valence-electron chi connectivity index (χ1n) is 9.70. The maximum atomic E-state index is 12.9. The van der Waals surface area contributed by atoms with Gasteiger partial charge < -0.3 is 4.42 Å². The third kappa shape index (κ3) is 2.78. The van der Waals surface area contributed by atoms with Crippen molar-refractivity contribution in [3.05, 3.63) is 94.7 Å². The van der Waals surface area contributed by atoms with Gasteiger partial charge in [0, 0.05) is 22.8 Å². The first kappa shape index (κ1) is 18.4. The molecule has 1 aliphatic carbocycles. The second-order valence-corrected chi connectivity index (χ2v) is 8.28. The van der Waals surface area contributed by atoms with Gasteiger partial charge >= 0.3 is 0 Å². The molecule has 2 heterocycles. The number of nitrogens with zero attached hydrogens (tertiary/aromatic N) is 3. The summed E-state index contributed by atoms with van der Waals surface area (Å²) < 4.78 is 5.71. The van der Waals surface area contributed by atoms with Gasteiger partial charge in [-0.1, -0.05) is 59.9 Å². The van der Waals surface area contributed by atoms with Gasteiger partial charge in [0.05, 0.1) is 12.1 Å². The monoisotopic (exact) mass is 433 g/mol. The molecule has 0 bridgehead atoms. The molecule has 0 fully saturated rings. The minimum Gasteiger partial charge on any atom is -0.417 e. The normalized spacial score (nSPS) is 13.0. The Morgan fingerprint density at radius 3 is 2.16 bits per heavy atom. The third-order valence-corrected chi connectivity index (χ3v) is 6.35. The molecule has 0 aliphatic heterocycles. The highest BCUT2D eigenvalue weighted by Crippen LogP contribution is 2.34. The second kappa shape index (κ2) is 6.80. The average molecular weight is 433 g/mol. The first-order chi connectivity index (χ1) is 15.6. The van der Waals surface area contributed by atoms with E-state index in [-0.39, 0.29) is 23.0 Å². The molecule has 6 nitrogen and oxygen atoms in total. The molecule has 0 saturated carbocycles. The van der Waals surface area contributed by atoms with E-state index < -0.39 is 0 Å². The Bertz CT molecular complexity index is 1580. The number of hydrogen-bond acceptors (Lipinski definition) is 6. The quantitative estimate of drug-likeness (QED) is 0.190. The minimum atomic E-state index is -0.328. The van der Waals surface area contributed by atoms with Crippen LogP contribution in [-0.4, -0.2) is 21.5 Å². The van der Waals surface area contributed by atoms with Gasteiger partial charge in [-0.2, -0.15) is 9.97 Å². The number of carbonyl (C=O) groups is 2.